The minimum Gasteiger partial charge on any atom is -0.294 e. The summed E-state index contributed by atoms with van der Waals surface area (Å²) in [6.45, 7) is 2.66. The predicted molar refractivity (Wildman–Crippen MR) is 51.9 cm³/mol. The van der Waals surface area contributed by atoms with Crippen molar-refractivity contribution in [3.8, 4) is 0 Å². The molecule has 1 saturated heterocycles. The molecule has 15 heavy (non-hydrogen) atoms. The zero-order valence-corrected chi connectivity index (χ0v) is 9.30. The summed E-state index contributed by atoms with van der Waals surface area (Å²) < 4.78 is 26.2. The van der Waals surface area contributed by atoms with E-state index in [1.165, 1.54) is 0 Å². The first kappa shape index (κ1) is 12.1. The fraction of sp³-hybridized carbons (Fsp3) is 0.714. The van der Waals surface area contributed by atoms with Crippen LogP contribution in [0.1, 0.15) is 13.8 Å². The molecule has 0 aromatic rings. The molecule has 86 valence electrons. The number of piperazine rings is 1. The lowest BCUT2D eigenvalue weighted by Gasteiger charge is -2.25. The minimum atomic E-state index is -3.75. The molecule has 0 aromatic carbocycles. The molecule has 7 nitrogen and oxygen atoms in total. The highest BCUT2D eigenvalue weighted by atomic mass is 32.2. The van der Waals surface area contributed by atoms with Gasteiger partial charge in [0.2, 0.25) is 11.8 Å². The highest BCUT2D eigenvalue weighted by molar-refractivity contribution is 7.87. The van der Waals surface area contributed by atoms with E-state index in [0.29, 0.717) is 0 Å². The number of carbonyl (C=O) groups is 2. The van der Waals surface area contributed by atoms with Crippen LogP contribution in [-0.2, 0) is 19.8 Å². The van der Waals surface area contributed by atoms with Crippen molar-refractivity contribution >= 4 is 22.0 Å². The molecule has 1 aliphatic heterocycles. The number of rotatable bonds is 3. The first-order chi connectivity index (χ1) is 6.81. The van der Waals surface area contributed by atoms with Crippen LogP contribution in [0.4, 0.5) is 0 Å². The molecular weight excluding hydrogens is 222 g/mol. The van der Waals surface area contributed by atoms with Crippen LogP contribution >= 0.6 is 0 Å². The highest BCUT2D eigenvalue weighted by Crippen LogP contribution is 2.02. The van der Waals surface area contributed by atoms with E-state index in [9.17, 15) is 18.0 Å². The number of amides is 2. The van der Waals surface area contributed by atoms with Crippen LogP contribution in [0.3, 0.4) is 0 Å². The van der Waals surface area contributed by atoms with Crippen molar-refractivity contribution in [3.05, 3.63) is 0 Å². The van der Waals surface area contributed by atoms with E-state index in [4.69, 9.17) is 0 Å². The van der Waals surface area contributed by atoms with Gasteiger partial charge in [-0.15, -0.1) is 0 Å². The topological polar surface area (TPSA) is 95.6 Å². The Bertz CT molecular complexity index is 360. The Morgan fingerprint density at radius 1 is 1.27 bits per heavy atom. The lowest BCUT2D eigenvalue weighted by atomic mass is 10.4. The molecular formula is C7H13N3O4S. The summed E-state index contributed by atoms with van der Waals surface area (Å²) in [6, 6.07) is -0.282. The van der Waals surface area contributed by atoms with Crippen molar-refractivity contribution in [1.29, 1.82) is 0 Å². The van der Waals surface area contributed by atoms with Gasteiger partial charge in [0.1, 0.15) is 0 Å². The molecule has 0 saturated carbocycles. The minimum absolute atomic E-state index is 0.282. The van der Waals surface area contributed by atoms with Crippen molar-refractivity contribution in [3.63, 3.8) is 0 Å². The molecule has 1 heterocycles. The zero-order chi connectivity index (χ0) is 11.6. The lowest BCUT2D eigenvalue weighted by Crippen LogP contribution is -2.56. The van der Waals surface area contributed by atoms with Gasteiger partial charge in [0.25, 0.3) is 10.2 Å². The van der Waals surface area contributed by atoms with Gasteiger partial charge < -0.3 is 0 Å². The van der Waals surface area contributed by atoms with Crippen LogP contribution in [0.25, 0.3) is 0 Å². The molecule has 0 bridgehead atoms. The van der Waals surface area contributed by atoms with E-state index in [2.05, 4.69) is 4.72 Å². The van der Waals surface area contributed by atoms with Crippen molar-refractivity contribution in [2.45, 2.75) is 19.9 Å². The molecule has 0 aliphatic carbocycles. The largest absolute Gasteiger partial charge is 0.294 e. The number of imide groups is 1. The summed E-state index contributed by atoms with van der Waals surface area (Å²) in [5.74, 6) is -1.22. The maximum Gasteiger partial charge on any atom is 0.280 e. The van der Waals surface area contributed by atoms with Crippen LogP contribution in [0.15, 0.2) is 0 Å². The standard InChI is InChI=1S/C7H13N3O4S/c1-5(2)9-15(13,14)10-3-6(11)8-7(12)4-10/h5,9H,3-4H2,1-2H3,(H,8,11,12). The second-order valence-corrected chi connectivity index (χ2v) is 5.22. The maximum absolute atomic E-state index is 11.6. The third-order valence-corrected chi connectivity index (χ3v) is 3.35. The molecule has 2 amide bonds. The van der Waals surface area contributed by atoms with Crippen LogP contribution < -0.4 is 10.0 Å². The van der Waals surface area contributed by atoms with Gasteiger partial charge in [-0.1, -0.05) is 0 Å². The Morgan fingerprint density at radius 3 is 2.13 bits per heavy atom. The van der Waals surface area contributed by atoms with Crippen LogP contribution in [-0.4, -0.2) is 43.7 Å². The van der Waals surface area contributed by atoms with Crippen LogP contribution in [0, 0.1) is 0 Å². The molecule has 0 radical (unpaired) electrons. The number of hydrogen-bond donors (Lipinski definition) is 2. The van der Waals surface area contributed by atoms with Gasteiger partial charge in [-0.3, -0.25) is 14.9 Å². The summed E-state index contributed by atoms with van der Waals surface area (Å²) >= 11 is 0. The second kappa shape index (κ2) is 4.25. The third kappa shape index (κ3) is 3.26. The van der Waals surface area contributed by atoms with Gasteiger partial charge in [-0.05, 0) is 13.8 Å². The Hall–Kier alpha value is -0.990. The zero-order valence-electron chi connectivity index (χ0n) is 8.48. The summed E-state index contributed by atoms with van der Waals surface area (Å²) in [6.07, 6.45) is 0. The number of nitrogens with one attached hydrogen (secondary N) is 2. The van der Waals surface area contributed by atoms with E-state index in [1.807, 2.05) is 5.32 Å². The molecule has 0 aromatic heterocycles. The van der Waals surface area contributed by atoms with E-state index in [1.54, 1.807) is 13.8 Å². The molecule has 0 spiro atoms. The van der Waals surface area contributed by atoms with Gasteiger partial charge in [0.15, 0.2) is 0 Å². The van der Waals surface area contributed by atoms with E-state index in [-0.39, 0.29) is 19.1 Å². The van der Waals surface area contributed by atoms with Gasteiger partial charge in [0.05, 0.1) is 13.1 Å². The summed E-state index contributed by atoms with van der Waals surface area (Å²) in [5, 5.41) is 2.02. The molecule has 2 N–H and O–H groups in total. The Kier molecular flexibility index (Phi) is 3.42. The van der Waals surface area contributed by atoms with Gasteiger partial charge in [-0.25, -0.2) is 0 Å². The molecule has 0 atom stereocenters. The second-order valence-electron chi connectivity index (χ2n) is 3.52. The smallest absolute Gasteiger partial charge is 0.280 e. The maximum atomic E-state index is 11.6. The van der Waals surface area contributed by atoms with Gasteiger partial charge in [-0.2, -0.15) is 17.4 Å². The average Bonchev–Trinajstić information content (AvgIpc) is 1.99. The SMILES string of the molecule is CC(C)NS(=O)(=O)N1CC(=O)NC(=O)C1. The lowest BCUT2D eigenvalue weighted by molar-refractivity contribution is -0.134. The normalized spacial score (nSPS) is 19.4. The van der Waals surface area contributed by atoms with E-state index >= 15 is 0 Å². The first-order valence-electron chi connectivity index (χ1n) is 4.41. The molecule has 1 aliphatic rings. The Labute approximate surface area is 88.0 Å². The Balaban J connectivity index is 2.79. The summed E-state index contributed by atoms with van der Waals surface area (Å²) in [7, 11) is -3.75. The summed E-state index contributed by atoms with van der Waals surface area (Å²) in [4.78, 5) is 21.9. The van der Waals surface area contributed by atoms with Crippen molar-refractivity contribution < 1.29 is 18.0 Å². The van der Waals surface area contributed by atoms with Crippen molar-refractivity contribution in [2.24, 2.45) is 0 Å². The van der Waals surface area contributed by atoms with Crippen LogP contribution in [0.5, 0.6) is 0 Å². The predicted octanol–water partition coefficient (Wildman–Crippen LogP) is -1.81. The quantitative estimate of drug-likeness (QED) is 0.563. The van der Waals surface area contributed by atoms with Crippen molar-refractivity contribution in [2.75, 3.05) is 13.1 Å². The van der Waals surface area contributed by atoms with Gasteiger partial charge in [0, 0.05) is 6.04 Å². The Morgan fingerprint density at radius 2 is 1.73 bits per heavy atom. The molecule has 1 rings (SSSR count). The molecule has 1 fully saturated rings. The number of hydrogen-bond acceptors (Lipinski definition) is 4. The number of carbonyl (C=O) groups excluding carboxylic acids is 2. The fourth-order valence-corrected chi connectivity index (χ4v) is 2.47. The van der Waals surface area contributed by atoms with Crippen molar-refractivity contribution in [1.82, 2.24) is 14.3 Å². The highest BCUT2D eigenvalue weighted by Gasteiger charge is 2.31. The van der Waals surface area contributed by atoms with Crippen LogP contribution in [0.2, 0.25) is 0 Å². The van der Waals surface area contributed by atoms with E-state index in [0.717, 1.165) is 4.31 Å². The molecule has 0 unspecified atom stereocenters. The fourth-order valence-electron chi connectivity index (χ4n) is 1.15. The molecule has 8 heteroatoms. The number of nitrogens with zero attached hydrogens (tertiary/aromatic N) is 1. The monoisotopic (exact) mass is 235 g/mol. The van der Waals surface area contributed by atoms with Gasteiger partial charge >= 0.3 is 0 Å². The third-order valence-electron chi connectivity index (χ3n) is 1.64. The van der Waals surface area contributed by atoms with E-state index < -0.39 is 22.0 Å². The summed E-state index contributed by atoms with van der Waals surface area (Å²) in [5.41, 5.74) is 0. The first-order valence-corrected chi connectivity index (χ1v) is 5.85. The average molecular weight is 235 g/mol.